The van der Waals surface area contributed by atoms with Gasteiger partial charge < -0.3 is 10.4 Å². The summed E-state index contributed by atoms with van der Waals surface area (Å²) in [4.78, 5) is 0. The topological polar surface area (TPSA) is 32.3 Å². The molecule has 0 aliphatic rings. The standard InChI is InChI=1S/C10H14FNO/c1-2-12-7-10(13)8-4-3-5-9(11)6-8/h3-6,10,12-13H,2,7H2,1H3. The minimum absolute atomic E-state index is 0.312. The molecule has 1 atom stereocenters. The lowest BCUT2D eigenvalue weighted by Crippen LogP contribution is -2.20. The zero-order chi connectivity index (χ0) is 9.68. The molecular weight excluding hydrogens is 169 g/mol. The van der Waals surface area contributed by atoms with Gasteiger partial charge in [-0.25, -0.2) is 4.39 Å². The van der Waals surface area contributed by atoms with Crippen LogP contribution in [0.15, 0.2) is 24.3 Å². The largest absolute Gasteiger partial charge is 0.387 e. The first-order chi connectivity index (χ1) is 6.24. The van der Waals surface area contributed by atoms with E-state index in [-0.39, 0.29) is 5.82 Å². The van der Waals surface area contributed by atoms with E-state index in [1.807, 2.05) is 6.92 Å². The molecule has 0 fully saturated rings. The second-order valence-corrected chi connectivity index (χ2v) is 2.88. The third-order valence-electron chi connectivity index (χ3n) is 1.82. The van der Waals surface area contributed by atoms with Crippen LogP contribution in [-0.2, 0) is 0 Å². The summed E-state index contributed by atoms with van der Waals surface area (Å²) in [5, 5.41) is 12.5. The van der Waals surface area contributed by atoms with Crippen LogP contribution in [0.4, 0.5) is 4.39 Å². The van der Waals surface area contributed by atoms with Crippen molar-refractivity contribution in [2.45, 2.75) is 13.0 Å². The van der Waals surface area contributed by atoms with Crippen molar-refractivity contribution in [3.8, 4) is 0 Å². The molecular formula is C10H14FNO. The van der Waals surface area contributed by atoms with Gasteiger partial charge in [0.05, 0.1) is 6.10 Å². The van der Waals surface area contributed by atoms with Gasteiger partial charge in [0.25, 0.3) is 0 Å². The van der Waals surface area contributed by atoms with Crippen LogP contribution in [0.5, 0.6) is 0 Å². The van der Waals surface area contributed by atoms with Gasteiger partial charge in [-0.1, -0.05) is 19.1 Å². The molecule has 0 aromatic heterocycles. The molecule has 1 aromatic rings. The van der Waals surface area contributed by atoms with Gasteiger partial charge in [-0.05, 0) is 24.2 Å². The Kier molecular flexibility index (Phi) is 3.86. The maximum absolute atomic E-state index is 12.7. The van der Waals surface area contributed by atoms with Crippen molar-refractivity contribution < 1.29 is 9.50 Å². The minimum Gasteiger partial charge on any atom is -0.387 e. The smallest absolute Gasteiger partial charge is 0.123 e. The normalized spacial score (nSPS) is 12.8. The fraction of sp³-hybridized carbons (Fsp3) is 0.400. The number of hydrogen-bond donors (Lipinski definition) is 2. The van der Waals surface area contributed by atoms with E-state index in [1.54, 1.807) is 12.1 Å². The molecule has 0 saturated heterocycles. The van der Waals surface area contributed by atoms with Crippen LogP contribution >= 0.6 is 0 Å². The zero-order valence-electron chi connectivity index (χ0n) is 7.63. The van der Waals surface area contributed by atoms with Crippen LogP contribution in [0.25, 0.3) is 0 Å². The van der Waals surface area contributed by atoms with Crippen molar-refractivity contribution in [1.29, 1.82) is 0 Å². The first kappa shape index (κ1) is 10.2. The number of hydrogen-bond acceptors (Lipinski definition) is 2. The molecule has 0 amide bonds. The summed E-state index contributed by atoms with van der Waals surface area (Å²) in [5.41, 5.74) is 0.612. The monoisotopic (exact) mass is 183 g/mol. The maximum atomic E-state index is 12.7. The molecule has 0 saturated carbocycles. The molecule has 0 radical (unpaired) electrons. The molecule has 0 heterocycles. The molecule has 0 aliphatic heterocycles. The van der Waals surface area contributed by atoms with Gasteiger partial charge in [0.2, 0.25) is 0 Å². The van der Waals surface area contributed by atoms with Gasteiger partial charge in [-0.2, -0.15) is 0 Å². The second kappa shape index (κ2) is 4.94. The van der Waals surface area contributed by atoms with Crippen molar-refractivity contribution in [3.63, 3.8) is 0 Å². The Hall–Kier alpha value is -0.930. The summed E-state index contributed by atoms with van der Waals surface area (Å²) in [6.07, 6.45) is -0.629. The Labute approximate surface area is 77.4 Å². The van der Waals surface area contributed by atoms with E-state index in [0.717, 1.165) is 6.54 Å². The van der Waals surface area contributed by atoms with Crippen LogP contribution in [0.1, 0.15) is 18.6 Å². The van der Waals surface area contributed by atoms with E-state index in [9.17, 15) is 9.50 Å². The molecule has 1 unspecified atom stereocenters. The van der Waals surface area contributed by atoms with Crippen LogP contribution in [0.3, 0.4) is 0 Å². The highest BCUT2D eigenvalue weighted by molar-refractivity contribution is 5.18. The molecule has 0 bridgehead atoms. The summed E-state index contributed by atoms with van der Waals surface area (Å²) < 4.78 is 12.7. The summed E-state index contributed by atoms with van der Waals surface area (Å²) in [6, 6.07) is 6.02. The third-order valence-corrected chi connectivity index (χ3v) is 1.82. The molecule has 1 aromatic carbocycles. The first-order valence-corrected chi connectivity index (χ1v) is 4.38. The average Bonchev–Trinajstić information content (AvgIpc) is 2.14. The third kappa shape index (κ3) is 3.13. The molecule has 0 aliphatic carbocycles. The number of likely N-dealkylation sites (N-methyl/N-ethyl adjacent to an activating group) is 1. The Morgan fingerprint density at radius 1 is 1.54 bits per heavy atom. The van der Waals surface area contributed by atoms with Gasteiger partial charge in [0.15, 0.2) is 0 Å². The quantitative estimate of drug-likeness (QED) is 0.740. The van der Waals surface area contributed by atoms with E-state index in [2.05, 4.69) is 5.32 Å². The summed E-state index contributed by atoms with van der Waals surface area (Å²) >= 11 is 0. The van der Waals surface area contributed by atoms with E-state index >= 15 is 0 Å². The SMILES string of the molecule is CCNCC(O)c1cccc(F)c1. The Balaban J connectivity index is 2.60. The number of aliphatic hydroxyl groups excluding tert-OH is 1. The predicted octanol–water partition coefficient (Wildman–Crippen LogP) is 1.47. The lowest BCUT2D eigenvalue weighted by atomic mass is 10.1. The lowest BCUT2D eigenvalue weighted by Gasteiger charge is -2.10. The minimum atomic E-state index is -0.629. The van der Waals surface area contributed by atoms with Crippen LogP contribution < -0.4 is 5.32 Å². The Bertz CT molecular complexity index is 265. The van der Waals surface area contributed by atoms with Crippen LogP contribution in [-0.4, -0.2) is 18.2 Å². The summed E-state index contributed by atoms with van der Waals surface area (Å²) in [7, 11) is 0. The van der Waals surface area contributed by atoms with E-state index in [0.29, 0.717) is 12.1 Å². The highest BCUT2D eigenvalue weighted by Crippen LogP contribution is 2.12. The highest BCUT2D eigenvalue weighted by atomic mass is 19.1. The van der Waals surface area contributed by atoms with Gasteiger partial charge >= 0.3 is 0 Å². The van der Waals surface area contributed by atoms with Crippen molar-refractivity contribution >= 4 is 0 Å². The fourth-order valence-electron chi connectivity index (χ4n) is 1.11. The van der Waals surface area contributed by atoms with E-state index in [4.69, 9.17) is 0 Å². The van der Waals surface area contributed by atoms with Gasteiger partial charge in [-0.15, -0.1) is 0 Å². The molecule has 3 heteroatoms. The number of nitrogens with one attached hydrogen (secondary N) is 1. The average molecular weight is 183 g/mol. The van der Waals surface area contributed by atoms with Gasteiger partial charge in [0, 0.05) is 6.54 Å². The molecule has 2 nitrogen and oxygen atoms in total. The van der Waals surface area contributed by atoms with Crippen LogP contribution in [0.2, 0.25) is 0 Å². The van der Waals surface area contributed by atoms with E-state index < -0.39 is 6.10 Å². The number of rotatable bonds is 4. The van der Waals surface area contributed by atoms with Crippen molar-refractivity contribution in [3.05, 3.63) is 35.6 Å². The molecule has 13 heavy (non-hydrogen) atoms. The number of benzene rings is 1. The number of halogens is 1. The zero-order valence-corrected chi connectivity index (χ0v) is 7.63. The predicted molar refractivity (Wildman–Crippen MR) is 49.9 cm³/mol. The molecule has 0 spiro atoms. The summed E-state index contributed by atoms with van der Waals surface area (Å²) in [6.45, 7) is 3.21. The maximum Gasteiger partial charge on any atom is 0.123 e. The first-order valence-electron chi connectivity index (χ1n) is 4.38. The van der Waals surface area contributed by atoms with Crippen molar-refractivity contribution in [1.82, 2.24) is 5.32 Å². The van der Waals surface area contributed by atoms with Crippen LogP contribution in [0, 0.1) is 5.82 Å². The highest BCUT2D eigenvalue weighted by Gasteiger charge is 2.06. The van der Waals surface area contributed by atoms with Crippen molar-refractivity contribution in [2.24, 2.45) is 0 Å². The summed E-state index contributed by atoms with van der Waals surface area (Å²) in [5.74, 6) is -0.312. The fourth-order valence-corrected chi connectivity index (χ4v) is 1.11. The molecule has 1 rings (SSSR count). The Morgan fingerprint density at radius 3 is 2.92 bits per heavy atom. The Morgan fingerprint density at radius 2 is 2.31 bits per heavy atom. The van der Waals surface area contributed by atoms with E-state index in [1.165, 1.54) is 12.1 Å². The van der Waals surface area contributed by atoms with Crippen molar-refractivity contribution in [2.75, 3.05) is 13.1 Å². The van der Waals surface area contributed by atoms with Gasteiger partial charge in [0.1, 0.15) is 5.82 Å². The molecule has 2 N–H and O–H groups in total. The second-order valence-electron chi connectivity index (χ2n) is 2.88. The molecule has 72 valence electrons. The van der Waals surface area contributed by atoms with Gasteiger partial charge in [-0.3, -0.25) is 0 Å². The lowest BCUT2D eigenvalue weighted by molar-refractivity contribution is 0.175. The number of aliphatic hydroxyl groups is 1.